The molecule has 0 N–H and O–H groups in total. The summed E-state index contributed by atoms with van der Waals surface area (Å²) in [5.74, 6) is -0.188. The van der Waals surface area contributed by atoms with Gasteiger partial charge >= 0.3 is 5.97 Å². The van der Waals surface area contributed by atoms with E-state index in [1.54, 1.807) is 36.1 Å². The molecule has 0 aliphatic carbocycles. The Bertz CT molecular complexity index is 497. The number of benzene rings is 1. The molecular formula is C15H18ClNO4. The molecule has 0 aromatic heterocycles. The average Bonchev–Trinajstić information content (AvgIpc) is 3.01. The topological polar surface area (TPSA) is 55.8 Å². The predicted molar refractivity (Wildman–Crippen MR) is 78.3 cm³/mol. The third-order valence-electron chi connectivity index (χ3n) is 3.26. The van der Waals surface area contributed by atoms with Gasteiger partial charge in [0, 0.05) is 18.1 Å². The molecule has 2 rings (SSSR count). The second kappa shape index (κ2) is 7.31. The summed E-state index contributed by atoms with van der Waals surface area (Å²) in [5, 5.41) is 0.591. The summed E-state index contributed by atoms with van der Waals surface area (Å²) in [6.07, 6.45) is 1.24. The van der Waals surface area contributed by atoms with Crippen LogP contribution in [0, 0.1) is 0 Å². The van der Waals surface area contributed by atoms with Crippen molar-refractivity contribution in [2.24, 2.45) is 0 Å². The summed E-state index contributed by atoms with van der Waals surface area (Å²) in [5.41, 5.74) is 0. The van der Waals surface area contributed by atoms with Gasteiger partial charge in [0.2, 0.25) is 0 Å². The predicted octanol–water partition coefficient (Wildman–Crippen LogP) is 2.27. The van der Waals surface area contributed by atoms with Gasteiger partial charge in [0.25, 0.3) is 5.91 Å². The van der Waals surface area contributed by atoms with Gasteiger partial charge in [-0.25, -0.2) is 4.79 Å². The van der Waals surface area contributed by atoms with Crippen molar-refractivity contribution < 1.29 is 19.1 Å². The summed E-state index contributed by atoms with van der Waals surface area (Å²) in [7, 11) is 0. The molecule has 1 aliphatic rings. The number of nitrogens with zero attached hydrogens (tertiary/aromatic N) is 1. The molecule has 0 radical (unpaired) electrons. The number of carbonyl (C=O) groups is 2. The van der Waals surface area contributed by atoms with Crippen LogP contribution in [-0.2, 0) is 14.3 Å². The molecule has 0 saturated carbocycles. The van der Waals surface area contributed by atoms with Gasteiger partial charge in [0.15, 0.2) is 12.7 Å². The van der Waals surface area contributed by atoms with E-state index in [9.17, 15) is 9.59 Å². The summed E-state index contributed by atoms with van der Waals surface area (Å²) in [6.45, 7) is 2.84. The van der Waals surface area contributed by atoms with Gasteiger partial charge in [-0.2, -0.15) is 0 Å². The Morgan fingerprint density at radius 3 is 2.48 bits per heavy atom. The van der Waals surface area contributed by atoms with Crippen LogP contribution >= 0.6 is 11.6 Å². The maximum Gasteiger partial charge on any atom is 0.347 e. The number of rotatable bonds is 5. The Hall–Kier alpha value is -1.75. The molecule has 1 amide bonds. The molecule has 1 heterocycles. The highest BCUT2D eigenvalue weighted by atomic mass is 35.5. The smallest absolute Gasteiger partial charge is 0.347 e. The van der Waals surface area contributed by atoms with Crippen molar-refractivity contribution in [3.63, 3.8) is 0 Å². The van der Waals surface area contributed by atoms with E-state index in [1.807, 2.05) is 0 Å². The first-order valence-corrected chi connectivity index (χ1v) is 7.30. The Balaban J connectivity index is 1.76. The number of hydrogen-bond donors (Lipinski definition) is 0. The number of esters is 1. The van der Waals surface area contributed by atoms with Gasteiger partial charge in [-0.1, -0.05) is 11.6 Å². The molecule has 5 nitrogen and oxygen atoms in total. The molecule has 0 bridgehead atoms. The lowest BCUT2D eigenvalue weighted by Gasteiger charge is -2.17. The van der Waals surface area contributed by atoms with E-state index >= 15 is 0 Å². The first-order valence-electron chi connectivity index (χ1n) is 6.93. The molecule has 1 fully saturated rings. The molecule has 1 aromatic rings. The fourth-order valence-corrected chi connectivity index (χ4v) is 2.20. The van der Waals surface area contributed by atoms with E-state index in [1.165, 1.54) is 0 Å². The van der Waals surface area contributed by atoms with Crippen LogP contribution in [0.2, 0.25) is 5.02 Å². The minimum Gasteiger partial charge on any atom is -0.479 e. The SMILES string of the molecule is CC(Oc1ccc(Cl)cc1)C(=O)OCC(=O)N1CCCC1. The van der Waals surface area contributed by atoms with E-state index in [0.29, 0.717) is 10.8 Å². The van der Waals surface area contributed by atoms with Crippen LogP contribution < -0.4 is 4.74 Å². The Kier molecular flexibility index (Phi) is 5.44. The van der Waals surface area contributed by atoms with Gasteiger partial charge in [0.05, 0.1) is 0 Å². The second-order valence-electron chi connectivity index (χ2n) is 4.91. The van der Waals surface area contributed by atoms with E-state index < -0.39 is 12.1 Å². The lowest BCUT2D eigenvalue weighted by atomic mass is 10.3. The first-order chi connectivity index (χ1) is 10.1. The van der Waals surface area contributed by atoms with Crippen LogP contribution in [0.4, 0.5) is 0 Å². The maximum absolute atomic E-state index is 11.8. The van der Waals surface area contributed by atoms with Gasteiger partial charge in [-0.15, -0.1) is 0 Å². The van der Waals surface area contributed by atoms with Crippen molar-refractivity contribution in [3.05, 3.63) is 29.3 Å². The summed E-state index contributed by atoms with van der Waals surface area (Å²) >= 11 is 5.77. The molecule has 114 valence electrons. The third kappa shape index (κ3) is 4.63. The van der Waals surface area contributed by atoms with Crippen molar-refractivity contribution in [1.29, 1.82) is 0 Å². The number of halogens is 1. The monoisotopic (exact) mass is 311 g/mol. The van der Waals surface area contributed by atoms with Gasteiger partial charge in [-0.3, -0.25) is 4.79 Å². The highest BCUT2D eigenvalue weighted by Crippen LogP contribution is 2.17. The van der Waals surface area contributed by atoms with Crippen LogP contribution in [0.1, 0.15) is 19.8 Å². The van der Waals surface area contributed by atoms with Crippen molar-refractivity contribution in [1.82, 2.24) is 4.90 Å². The average molecular weight is 312 g/mol. The number of ether oxygens (including phenoxy) is 2. The quantitative estimate of drug-likeness (QED) is 0.783. The molecule has 6 heteroatoms. The van der Waals surface area contributed by atoms with Gasteiger partial charge in [0.1, 0.15) is 5.75 Å². The standard InChI is InChI=1S/C15H18ClNO4/c1-11(21-13-6-4-12(16)5-7-13)15(19)20-10-14(18)17-8-2-3-9-17/h4-7,11H,2-3,8-10H2,1H3. The number of amides is 1. The lowest BCUT2D eigenvalue weighted by molar-refractivity contribution is -0.157. The maximum atomic E-state index is 11.8. The van der Waals surface area contributed by atoms with Crippen molar-refractivity contribution in [2.75, 3.05) is 19.7 Å². The van der Waals surface area contributed by atoms with E-state index in [2.05, 4.69) is 0 Å². The fraction of sp³-hybridized carbons (Fsp3) is 0.467. The normalized spacial score (nSPS) is 15.6. The second-order valence-corrected chi connectivity index (χ2v) is 5.35. The largest absolute Gasteiger partial charge is 0.479 e. The fourth-order valence-electron chi connectivity index (χ4n) is 2.07. The molecule has 1 aromatic carbocycles. The van der Waals surface area contributed by atoms with Gasteiger partial charge in [-0.05, 0) is 44.0 Å². The van der Waals surface area contributed by atoms with E-state index in [0.717, 1.165) is 25.9 Å². The Morgan fingerprint density at radius 2 is 1.86 bits per heavy atom. The molecule has 1 saturated heterocycles. The van der Waals surface area contributed by atoms with Crippen LogP contribution in [0.25, 0.3) is 0 Å². The Morgan fingerprint density at radius 1 is 1.24 bits per heavy atom. The van der Waals surface area contributed by atoms with Crippen LogP contribution in [-0.4, -0.2) is 42.6 Å². The number of hydrogen-bond acceptors (Lipinski definition) is 4. The van der Waals surface area contributed by atoms with Crippen LogP contribution in [0.5, 0.6) is 5.75 Å². The molecule has 1 atom stereocenters. The molecule has 1 unspecified atom stereocenters. The Labute approximate surface area is 128 Å². The van der Waals surface area contributed by atoms with Crippen LogP contribution in [0.15, 0.2) is 24.3 Å². The molecule has 1 aliphatic heterocycles. The van der Waals surface area contributed by atoms with Gasteiger partial charge < -0.3 is 14.4 Å². The van der Waals surface area contributed by atoms with E-state index in [4.69, 9.17) is 21.1 Å². The third-order valence-corrected chi connectivity index (χ3v) is 3.51. The zero-order valence-corrected chi connectivity index (χ0v) is 12.6. The summed E-state index contributed by atoms with van der Waals surface area (Å²) < 4.78 is 10.4. The highest BCUT2D eigenvalue weighted by Gasteiger charge is 2.22. The first kappa shape index (κ1) is 15.6. The molecule has 21 heavy (non-hydrogen) atoms. The van der Waals surface area contributed by atoms with Crippen LogP contribution in [0.3, 0.4) is 0 Å². The molecular weight excluding hydrogens is 294 g/mol. The van der Waals surface area contributed by atoms with Crippen molar-refractivity contribution >= 4 is 23.5 Å². The van der Waals surface area contributed by atoms with E-state index in [-0.39, 0.29) is 12.5 Å². The lowest BCUT2D eigenvalue weighted by Crippen LogP contribution is -2.34. The zero-order chi connectivity index (χ0) is 15.2. The highest BCUT2D eigenvalue weighted by molar-refractivity contribution is 6.30. The number of likely N-dealkylation sites (tertiary alicyclic amines) is 1. The number of carbonyl (C=O) groups excluding carboxylic acids is 2. The zero-order valence-electron chi connectivity index (χ0n) is 11.9. The van der Waals surface area contributed by atoms with Crippen molar-refractivity contribution in [3.8, 4) is 5.75 Å². The minimum absolute atomic E-state index is 0.153. The van der Waals surface area contributed by atoms with Crippen molar-refractivity contribution in [2.45, 2.75) is 25.9 Å². The summed E-state index contributed by atoms with van der Waals surface area (Å²) in [6, 6.07) is 6.68. The summed E-state index contributed by atoms with van der Waals surface area (Å²) in [4.78, 5) is 25.3. The minimum atomic E-state index is -0.780. The molecule has 0 spiro atoms.